The number of carbonyl (C=O) groups is 1. The molecule has 0 bridgehead atoms. The minimum atomic E-state index is -1.32. The molecule has 1 saturated carbocycles. The smallest absolute Gasteiger partial charge is 0.341 e. The summed E-state index contributed by atoms with van der Waals surface area (Å²) in [6.45, 7) is 4.21. The zero-order valence-electron chi connectivity index (χ0n) is 18.3. The van der Waals surface area contributed by atoms with E-state index in [0.29, 0.717) is 24.3 Å². The van der Waals surface area contributed by atoms with E-state index < -0.39 is 17.2 Å². The number of pyridine rings is 1. The molecular formula is C22H25FN6O4. The number of halogens is 1. The molecule has 0 unspecified atom stereocenters. The van der Waals surface area contributed by atoms with Crippen LogP contribution in [0.4, 0.5) is 10.1 Å². The second kappa shape index (κ2) is 8.47. The lowest BCUT2D eigenvalue weighted by Gasteiger charge is -2.37. The third kappa shape index (κ3) is 3.92. The zero-order chi connectivity index (χ0) is 23.1. The van der Waals surface area contributed by atoms with Crippen molar-refractivity contribution in [2.75, 3.05) is 44.7 Å². The van der Waals surface area contributed by atoms with Gasteiger partial charge in [0.1, 0.15) is 11.3 Å². The monoisotopic (exact) mass is 456 g/mol. The van der Waals surface area contributed by atoms with Crippen LogP contribution in [-0.2, 0) is 6.54 Å². The van der Waals surface area contributed by atoms with Crippen molar-refractivity contribution in [2.45, 2.75) is 25.4 Å². The summed E-state index contributed by atoms with van der Waals surface area (Å²) in [7, 11) is 1.46. The number of aromatic carboxylic acids is 1. The van der Waals surface area contributed by atoms with Crippen molar-refractivity contribution in [2.24, 2.45) is 0 Å². The molecule has 1 saturated heterocycles. The first-order valence-corrected chi connectivity index (χ1v) is 11.0. The van der Waals surface area contributed by atoms with Gasteiger partial charge in [-0.05, 0) is 18.9 Å². The van der Waals surface area contributed by atoms with Crippen LogP contribution in [0.15, 0.2) is 29.5 Å². The molecule has 1 aliphatic heterocycles. The third-order valence-corrected chi connectivity index (χ3v) is 6.38. The molecule has 1 aromatic carbocycles. The summed E-state index contributed by atoms with van der Waals surface area (Å²) in [4.78, 5) is 28.7. The summed E-state index contributed by atoms with van der Waals surface area (Å²) < 4.78 is 24.6. The molecule has 174 valence electrons. The lowest BCUT2D eigenvalue weighted by molar-refractivity contribution is 0.0695. The maximum absolute atomic E-state index is 15.4. The highest BCUT2D eigenvalue weighted by Gasteiger charge is 2.32. The highest BCUT2D eigenvalue weighted by Crippen LogP contribution is 2.43. The molecule has 5 rings (SSSR count). The topological polar surface area (TPSA) is 106 Å². The highest BCUT2D eigenvalue weighted by atomic mass is 19.1. The Kier molecular flexibility index (Phi) is 5.49. The molecule has 33 heavy (non-hydrogen) atoms. The number of nitrogens with zero attached hydrogens (tertiary/aromatic N) is 6. The van der Waals surface area contributed by atoms with E-state index in [-0.39, 0.29) is 22.7 Å². The Morgan fingerprint density at radius 3 is 2.61 bits per heavy atom. The Morgan fingerprint density at radius 2 is 2.00 bits per heavy atom. The van der Waals surface area contributed by atoms with Crippen LogP contribution in [-0.4, -0.2) is 75.4 Å². The lowest BCUT2D eigenvalue weighted by Crippen LogP contribution is -2.47. The van der Waals surface area contributed by atoms with Crippen molar-refractivity contribution in [1.29, 1.82) is 0 Å². The molecule has 2 aromatic heterocycles. The SMILES string of the molecule is COc1c(N2CCN(CCn3ccnn3)CC2)c(F)cc2c(=O)c(C(=O)O)cn(C3CC3)c12. The summed E-state index contributed by atoms with van der Waals surface area (Å²) in [6, 6.07) is 1.24. The van der Waals surface area contributed by atoms with E-state index in [1.165, 1.54) is 13.3 Å². The van der Waals surface area contributed by atoms with Gasteiger partial charge in [0.2, 0.25) is 5.43 Å². The van der Waals surface area contributed by atoms with Gasteiger partial charge >= 0.3 is 5.97 Å². The van der Waals surface area contributed by atoms with Crippen LogP contribution in [0.3, 0.4) is 0 Å². The van der Waals surface area contributed by atoms with Crippen molar-refractivity contribution >= 4 is 22.6 Å². The van der Waals surface area contributed by atoms with E-state index in [1.54, 1.807) is 15.4 Å². The normalized spacial score (nSPS) is 17.0. The molecule has 1 aliphatic carbocycles. The Bertz CT molecular complexity index is 1250. The number of hydrogen-bond acceptors (Lipinski definition) is 7. The van der Waals surface area contributed by atoms with Gasteiger partial charge in [-0.25, -0.2) is 9.18 Å². The average molecular weight is 456 g/mol. The minimum absolute atomic E-state index is 0.0337. The van der Waals surface area contributed by atoms with Gasteiger partial charge in [-0.2, -0.15) is 0 Å². The van der Waals surface area contributed by atoms with Crippen molar-refractivity contribution in [3.05, 3.63) is 46.3 Å². The fourth-order valence-corrected chi connectivity index (χ4v) is 4.52. The molecule has 2 fully saturated rings. The number of carboxylic acids is 1. The van der Waals surface area contributed by atoms with Gasteiger partial charge in [0.25, 0.3) is 0 Å². The molecule has 10 nitrogen and oxygen atoms in total. The number of ether oxygens (including phenoxy) is 1. The van der Waals surface area contributed by atoms with Gasteiger partial charge in [0, 0.05) is 51.2 Å². The van der Waals surface area contributed by atoms with E-state index in [1.807, 2.05) is 11.1 Å². The van der Waals surface area contributed by atoms with Crippen molar-refractivity contribution in [3.8, 4) is 5.75 Å². The van der Waals surface area contributed by atoms with Crippen LogP contribution in [0, 0.1) is 5.82 Å². The second-order valence-electron chi connectivity index (χ2n) is 8.45. The van der Waals surface area contributed by atoms with Gasteiger partial charge < -0.3 is 19.3 Å². The molecular weight excluding hydrogens is 431 g/mol. The van der Waals surface area contributed by atoms with E-state index in [4.69, 9.17) is 4.74 Å². The lowest BCUT2D eigenvalue weighted by atomic mass is 10.1. The Hall–Kier alpha value is -3.47. The maximum Gasteiger partial charge on any atom is 0.341 e. The van der Waals surface area contributed by atoms with E-state index in [9.17, 15) is 14.7 Å². The number of anilines is 1. The number of carboxylic acid groups (broad SMARTS) is 1. The molecule has 11 heteroatoms. The summed E-state index contributed by atoms with van der Waals surface area (Å²) in [6.07, 6.45) is 6.58. The molecule has 3 heterocycles. The molecule has 0 radical (unpaired) electrons. The van der Waals surface area contributed by atoms with Gasteiger partial charge in [-0.1, -0.05) is 5.21 Å². The number of hydrogen-bond donors (Lipinski definition) is 1. The second-order valence-corrected chi connectivity index (χ2v) is 8.45. The fraction of sp³-hybridized carbons (Fsp3) is 0.455. The average Bonchev–Trinajstić information content (AvgIpc) is 3.52. The van der Waals surface area contributed by atoms with Crippen LogP contribution < -0.4 is 15.1 Å². The van der Waals surface area contributed by atoms with Crippen LogP contribution in [0.5, 0.6) is 5.75 Å². The fourth-order valence-electron chi connectivity index (χ4n) is 4.52. The largest absolute Gasteiger partial charge is 0.492 e. The quantitative estimate of drug-likeness (QED) is 0.572. The molecule has 0 spiro atoms. The van der Waals surface area contributed by atoms with E-state index >= 15 is 4.39 Å². The van der Waals surface area contributed by atoms with Crippen LogP contribution in [0.2, 0.25) is 0 Å². The third-order valence-electron chi connectivity index (χ3n) is 6.38. The summed E-state index contributed by atoms with van der Waals surface area (Å²) >= 11 is 0. The van der Waals surface area contributed by atoms with Crippen molar-refractivity contribution in [3.63, 3.8) is 0 Å². The number of aromatic nitrogens is 4. The van der Waals surface area contributed by atoms with E-state index in [2.05, 4.69) is 15.2 Å². The maximum atomic E-state index is 15.4. The van der Waals surface area contributed by atoms with Crippen LogP contribution in [0.25, 0.3) is 10.9 Å². The van der Waals surface area contributed by atoms with Gasteiger partial charge in [-0.15, -0.1) is 5.10 Å². The van der Waals surface area contributed by atoms with Gasteiger partial charge in [-0.3, -0.25) is 14.4 Å². The summed E-state index contributed by atoms with van der Waals surface area (Å²) in [5, 5.41) is 17.3. The van der Waals surface area contributed by atoms with E-state index in [0.717, 1.165) is 45.1 Å². The first-order valence-electron chi connectivity index (χ1n) is 11.0. The molecule has 1 N–H and O–H groups in total. The first kappa shape index (κ1) is 21.4. The van der Waals surface area contributed by atoms with Gasteiger partial charge in [0.15, 0.2) is 11.6 Å². The zero-order valence-corrected chi connectivity index (χ0v) is 18.3. The molecule has 3 aromatic rings. The van der Waals surface area contributed by atoms with Gasteiger partial charge in [0.05, 0.1) is 30.8 Å². The number of benzene rings is 1. The summed E-state index contributed by atoms with van der Waals surface area (Å²) in [5.41, 5.74) is -0.279. The standard InChI is InChI=1S/C22H25FN6O4/c1-33-21-18-15(20(30)16(22(31)32)13-29(18)14-2-3-14)12-17(23)19(21)27-9-6-26(7-10-27)8-11-28-5-4-24-25-28/h4-5,12-14H,2-3,6-11H2,1H3,(H,31,32). The number of methoxy groups -OCH3 is 1. The van der Waals surface area contributed by atoms with Crippen molar-refractivity contribution < 1.29 is 19.0 Å². The predicted octanol–water partition coefficient (Wildman–Crippen LogP) is 1.60. The Morgan fingerprint density at radius 1 is 1.24 bits per heavy atom. The molecule has 0 amide bonds. The number of piperazine rings is 1. The highest BCUT2D eigenvalue weighted by molar-refractivity contribution is 5.97. The number of rotatable bonds is 7. The molecule has 0 atom stereocenters. The predicted molar refractivity (Wildman–Crippen MR) is 119 cm³/mol. The minimum Gasteiger partial charge on any atom is -0.492 e. The van der Waals surface area contributed by atoms with Crippen LogP contribution in [0.1, 0.15) is 29.2 Å². The van der Waals surface area contributed by atoms with Crippen LogP contribution >= 0.6 is 0 Å². The summed E-state index contributed by atoms with van der Waals surface area (Å²) in [5.74, 6) is -1.62. The number of fused-ring (bicyclic) bond motifs is 1. The van der Waals surface area contributed by atoms with Crippen molar-refractivity contribution in [1.82, 2.24) is 24.5 Å². The first-order chi connectivity index (χ1) is 16.0. The molecule has 2 aliphatic rings. The Labute approximate surface area is 188 Å². The Balaban J connectivity index is 1.48.